The highest BCUT2D eigenvalue weighted by Gasteiger charge is 2.15. The molecule has 0 spiro atoms. The van der Waals surface area contributed by atoms with Gasteiger partial charge >= 0.3 is 0 Å². The van der Waals surface area contributed by atoms with Gasteiger partial charge in [-0.15, -0.1) is 0 Å². The van der Waals surface area contributed by atoms with Gasteiger partial charge in [0.25, 0.3) is 0 Å². The number of carbonyl (C=O) groups is 1. The molecule has 78 valence electrons. The lowest BCUT2D eigenvalue weighted by Crippen LogP contribution is -2.35. The predicted molar refractivity (Wildman–Crippen MR) is 56.6 cm³/mol. The van der Waals surface area contributed by atoms with Crippen molar-refractivity contribution in [2.45, 2.75) is 58.9 Å². The fourth-order valence-electron chi connectivity index (χ4n) is 1.26. The minimum atomic E-state index is -0.248. The lowest BCUT2D eigenvalue weighted by molar-refractivity contribution is -0.121. The molecule has 0 fully saturated rings. The molecule has 0 aromatic rings. The van der Waals surface area contributed by atoms with Crippen LogP contribution in [0.1, 0.15) is 52.9 Å². The third-order valence-electron chi connectivity index (χ3n) is 2.37. The summed E-state index contributed by atoms with van der Waals surface area (Å²) in [6, 6.07) is -0.248. The van der Waals surface area contributed by atoms with Crippen LogP contribution in [0.15, 0.2) is 0 Å². The maximum absolute atomic E-state index is 11.4. The molecule has 2 heteroatoms. The molecule has 0 rings (SSSR count). The van der Waals surface area contributed by atoms with E-state index in [9.17, 15) is 4.79 Å². The van der Waals surface area contributed by atoms with Crippen LogP contribution < -0.4 is 5.73 Å². The summed E-state index contributed by atoms with van der Waals surface area (Å²) in [5, 5.41) is 0. The van der Waals surface area contributed by atoms with Crippen LogP contribution in [-0.4, -0.2) is 11.8 Å². The van der Waals surface area contributed by atoms with Crippen molar-refractivity contribution in [3.05, 3.63) is 0 Å². The van der Waals surface area contributed by atoms with Crippen molar-refractivity contribution in [3.63, 3.8) is 0 Å². The molecule has 0 aliphatic heterocycles. The van der Waals surface area contributed by atoms with Crippen molar-refractivity contribution in [2.24, 2.45) is 11.7 Å². The number of hydrogen-bond donors (Lipinski definition) is 1. The molecule has 2 nitrogen and oxygen atoms in total. The van der Waals surface area contributed by atoms with Crippen molar-refractivity contribution in [3.8, 4) is 0 Å². The van der Waals surface area contributed by atoms with E-state index in [1.807, 2.05) is 13.8 Å². The number of Topliss-reactive ketones (excluding diaryl/α,β-unsaturated/α-hetero) is 1. The van der Waals surface area contributed by atoms with Gasteiger partial charge in [0.15, 0.2) is 0 Å². The molecular weight excluding hydrogens is 162 g/mol. The van der Waals surface area contributed by atoms with Crippen LogP contribution in [0.25, 0.3) is 0 Å². The van der Waals surface area contributed by atoms with E-state index < -0.39 is 0 Å². The standard InChI is InChI=1S/C11H23NO/c1-4-5-6-7-8-10(13)11(12)9(2)3/h9,11H,4-8,12H2,1-3H3. The van der Waals surface area contributed by atoms with Crippen molar-refractivity contribution in [1.82, 2.24) is 0 Å². The second-order valence-corrected chi connectivity index (χ2v) is 4.05. The number of hydrogen-bond acceptors (Lipinski definition) is 2. The van der Waals surface area contributed by atoms with Gasteiger partial charge in [0.1, 0.15) is 5.78 Å². The molecule has 0 radical (unpaired) electrons. The number of ketones is 1. The van der Waals surface area contributed by atoms with Crippen LogP contribution in [0.2, 0.25) is 0 Å². The summed E-state index contributed by atoms with van der Waals surface area (Å²) in [5.41, 5.74) is 5.73. The second-order valence-electron chi connectivity index (χ2n) is 4.05. The minimum absolute atomic E-state index is 0.228. The fourth-order valence-corrected chi connectivity index (χ4v) is 1.26. The summed E-state index contributed by atoms with van der Waals surface area (Å²) >= 11 is 0. The summed E-state index contributed by atoms with van der Waals surface area (Å²) < 4.78 is 0. The van der Waals surface area contributed by atoms with Gasteiger partial charge < -0.3 is 5.73 Å². The van der Waals surface area contributed by atoms with E-state index in [0.717, 1.165) is 12.8 Å². The molecule has 0 saturated heterocycles. The monoisotopic (exact) mass is 185 g/mol. The van der Waals surface area contributed by atoms with Crippen LogP contribution in [0.3, 0.4) is 0 Å². The summed E-state index contributed by atoms with van der Waals surface area (Å²) in [4.78, 5) is 11.4. The summed E-state index contributed by atoms with van der Waals surface area (Å²) in [5.74, 6) is 0.504. The van der Waals surface area contributed by atoms with Gasteiger partial charge in [-0.1, -0.05) is 40.0 Å². The fraction of sp³-hybridized carbons (Fsp3) is 0.909. The summed E-state index contributed by atoms with van der Waals surface area (Å²) in [7, 11) is 0. The number of rotatable bonds is 7. The average Bonchev–Trinajstić information content (AvgIpc) is 2.10. The lowest BCUT2D eigenvalue weighted by Gasteiger charge is -2.13. The van der Waals surface area contributed by atoms with Gasteiger partial charge in [0, 0.05) is 6.42 Å². The highest BCUT2D eigenvalue weighted by molar-refractivity contribution is 5.83. The Morgan fingerprint density at radius 3 is 2.31 bits per heavy atom. The van der Waals surface area contributed by atoms with Gasteiger partial charge in [-0.05, 0) is 12.3 Å². The third-order valence-corrected chi connectivity index (χ3v) is 2.37. The van der Waals surface area contributed by atoms with Gasteiger partial charge in [-0.3, -0.25) is 4.79 Å². The average molecular weight is 185 g/mol. The van der Waals surface area contributed by atoms with E-state index in [2.05, 4.69) is 6.92 Å². The number of carbonyl (C=O) groups excluding carboxylic acids is 1. The second kappa shape index (κ2) is 7.07. The van der Waals surface area contributed by atoms with E-state index in [4.69, 9.17) is 5.73 Å². The van der Waals surface area contributed by atoms with Gasteiger partial charge in [0.05, 0.1) is 6.04 Å². The molecule has 2 N–H and O–H groups in total. The Kier molecular flexibility index (Phi) is 6.87. The van der Waals surface area contributed by atoms with E-state index in [1.54, 1.807) is 0 Å². The molecular formula is C11H23NO. The Balaban J connectivity index is 3.50. The first-order chi connectivity index (χ1) is 6.09. The smallest absolute Gasteiger partial charge is 0.149 e. The molecule has 0 aliphatic rings. The van der Waals surface area contributed by atoms with E-state index >= 15 is 0 Å². The molecule has 0 aromatic carbocycles. The maximum atomic E-state index is 11.4. The molecule has 0 saturated carbocycles. The lowest BCUT2D eigenvalue weighted by atomic mass is 9.97. The zero-order valence-corrected chi connectivity index (χ0v) is 9.18. The summed E-state index contributed by atoms with van der Waals surface area (Å²) in [6.45, 7) is 6.16. The molecule has 0 heterocycles. The Morgan fingerprint density at radius 1 is 1.23 bits per heavy atom. The number of nitrogens with two attached hydrogens (primary N) is 1. The SMILES string of the molecule is CCCCCCC(=O)C(N)C(C)C. The molecule has 0 aliphatic carbocycles. The van der Waals surface area contributed by atoms with E-state index in [-0.39, 0.29) is 17.7 Å². The molecule has 0 aromatic heterocycles. The zero-order valence-electron chi connectivity index (χ0n) is 9.18. The first-order valence-corrected chi connectivity index (χ1v) is 5.37. The van der Waals surface area contributed by atoms with Crippen LogP contribution >= 0.6 is 0 Å². The third kappa shape index (κ3) is 5.81. The van der Waals surface area contributed by atoms with Crippen molar-refractivity contribution in [1.29, 1.82) is 0 Å². The van der Waals surface area contributed by atoms with E-state index in [1.165, 1.54) is 12.8 Å². The van der Waals surface area contributed by atoms with Crippen LogP contribution in [0, 0.1) is 5.92 Å². The number of unbranched alkanes of at least 4 members (excludes halogenated alkanes) is 3. The van der Waals surface area contributed by atoms with Crippen molar-refractivity contribution >= 4 is 5.78 Å². The first-order valence-electron chi connectivity index (χ1n) is 5.37. The van der Waals surface area contributed by atoms with Crippen molar-refractivity contribution < 1.29 is 4.79 Å². The Bertz CT molecular complexity index is 143. The topological polar surface area (TPSA) is 43.1 Å². The van der Waals surface area contributed by atoms with Gasteiger partial charge in [-0.2, -0.15) is 0 Å². The predicted octanol–water partition coefficient (Wildman–Crippen LogP) is 2.51. The maximum Gasteiger partial charge on any atom is 0.149 e. The normalized spacial score (nSPS) is 13.3. The molecule has 1 atom stereocenters. The van der Waals surface area contributed by atoms with Gasteiger partial charge in [0.2, 0.25) is 0 Å². The van der Waals surface area contributed by atoms with Crippen molar-refractivity contribution in [2.75, 3.05) is 0 Å². The molecule has 0 amide bonds. The Labute approximate surface area is 81.9 Å². The first kappa shape index (κ1) is 12.6. The highest BCUT2D eigenvalue weighted by atomic mass is 16.1. The van der Waals surface area contributed by atoms with Gasteiger partial charge in [-0.25, -0.2) is 0 Å². The molecule has 13 heavy (non-hydrogen) atoms. The largest absolute Gasteiger partial charge is 0.321 e. The molecule has 0 bridgehead atoms. The van der Waals surface area contributed by atoms with Crippen LogP contribution in [-0.2, 0) is 4.79 Å². The van der Waals surface area contributed by atoms with Crippen LogP contribution in [0.4, 0.5) is 0 Å². The van der Waals surface area contributed by atoms with Crippen LogP contribution in [0.5, 0.6) is 0 Å². The zero-order chi connectivity index (χ0) is 10.3. The minimum Gasteiger partial charge on any atom is -0.321 e. The Hall–Kier alpha value is -0.370. The Morgan fingerprint density at radius 2 is 1.85 bits per heavy atom. The van der Waals surface area contributed by atoms with E-state index in [0.29, 0.717) is 6.42 Å². The highest BCUT2D eigenvalue weighted by Crippen LogP contribution is 2.07. The molecule has 1 unspecified atom stereocenters. The quantitative estimate of drug-likeness (QED) is 0.619. The summed E-state index contributed by atoms with van der Waals surface area (Å²) in [6.07, 6.45) is 5.27.